The van der Waals surface area contributed by atoms with Gasteiger partial charge in [-0.05, 0) is 30.0 Å². The van der Waals surface area contributed by atoms with Crippen molar-refractivity contribution in [2.45, 2.75) is 33.2 Å². The van der Waals surface area contributed by atoms with E-state index in [4.69, 9.17) is 0 Å². The molecule has 3 nitrogen and oxygen atoms in total. The highest BCUT2D eigenvalue weighted by molar-refractivity contribution is 5.78. The fourth-order valence-electron chi connectivity index (χ4n) is 4.92. The number of hydrogen-bond acceptors (Lipinski definition) is 1. The average Bonchev–Trinajstić information content (AvgIpc) is 3.29. The molecular formula is C32H31N2O+. The molecule has 0 bridgehead atoms. The lowest BCUT2D eigenvalue weighted by molar-refractivity contribution is -0.676. The minimum absolute atomic E-state index is 0.316. The maximum atomic E-state index is 10.6. The maximum Gasteiger partial charge on any atom is 0.250 e. The summed E-state index contributed by atoms with van der Waals surface area (Å²) in [7, 11) is 0. The topological polar surface area (TPSA) is 29.0 Å². The van der Waals surface area contributed by atoms with Crippen LogP contribution in [0.15, 0.2) is 109 Å². The second kappa shape index (κ2) is 10.0. The van der Waals surface area contributed by atoms with Gasteiger partial charge in [0.1, 0.15) is 18.0 Å². The summed E-state index contributed by atoms with van der Waals surface area (Å²) in [6.45, 7) is 5.01. The molecule has 5 rings (SSSR count). The molecule has 1 heterocycles. The number of aromatic nitrogens is 2. The summed E-state index contributed by atoms with van der Waals surface area (Å²) in [5, 5.41) is 10.6. The number of hydrogen-bond donors (Lipinski definition) is 1. The number of nitrogens with zero attached hydrogens (tertiary/aromatic N) is 2. The molecule has 0 saturated heterocycles. The molecule has 5 aromatic rings. The minimum atomic E-state index is 0.316. The van der Waals surface area contributed by atoms with Crippen LogP contribution in [-0.4, -0.2) is 9.67 Å². The molecular weight excluding hydrogens is 428 g/mol. The first-order chi connectivity index (χ1) is 17.2. The monoisotopic (exact) mass is 459 g/mol. The first kappa shape index (κ1) is 22.7. The van der Waals surface area contributed by atoms with Gasteiger partial charge in [0.05, 0.1) is 0 Å². The fourth-order valence-corrected chi connectivity index (χ4v) is 4.92. The van der Waals surface area contributed by atoms with Gasteiger partial charge >= 0.3 is 0 Å². The Labute approximate surface area is 207 Å². The Morgan fingerprint density at radius 1 is 0.629 bits per heavy atom. The second-order valence-electron chi connectivity index (χ2n) is 8.80. The number of imidazole rings is 1. The molecule has 0 saturated carbocycles. The Morgan fingerprint density at radius 2 is 1.17 bits per heavy atom. The van der Waals surface area contributed by atoms with Gasteiger partial charge in [0.25, 0.3) is 0 Å². The van der Waals surface area contributed by atoms with Crippen LogP contribution in [0.3, 0.4) is 0 Å². The molecule has 174 valence electrons. The number of phenolic OH excluding ortho intramolecular Hbond substituents is 1. The van der Waals surface area contributed by atoms with Crippen molar-refractivity contribution in [1.82, 2.24) is 4.57 Å². The summed E-state index contributed by atoms with van der Waals surface area (Å²) < 4.78 is 4.65. The highest BCUT2D eigenvalue weighted by Gasteiger charge is 2.29. The smallest absolute Gasteiger partial charge is 0.250 e. The van der Waals surface area contributed by atoms with Crippen molar-refractivity contribution in [1.29, 1.82) is 0 Å². The lowest BCUT2D eigenvalue weighted by Crippen LogP contribution is -2.34. The predicted molar refractivity (Wildman–Crippen MR) is 143 cm³/mol. The Balaban J connectivity index is 1.87. The summed E-state index contributed by atoms with van der Waals surface area (Å²) in [6, 6.07) is 35.4. The Hall–Kier alpha value is -4.11. The van der Waals surface area contributed by atoms with Crippen molar-refractivity contribution < 1.29 is 9.67 Å². The third kappa shape index (κ3) is 4.38. The highest BCUT2D eigenvalue weighted by atomic mass is 16.3. The normalized spacial score (nSPS) is 11.0. The summed E-state index contributed by atoms with van der Waals surface area (Å²) in [5.41, 5.74) is 9.39. The molecule has 35 heavy (non-hydrogen) atoms. The highest BCUT2D eigenvalue weighted by Crippen LogP contribution is 2.35. The van der Waals surface area contributed by atoms with Crippen molar-refractivity contribution in [2.24, 2.45) is 0 Å². The van der Waals surface area contributed by atoms with E-state index < -0.39 is 0 Å². The van der Waals surface area contributed by atoms with E-state index >= 15 is 0 Å². The summed E-state index contributed by atoms with van der Waals surface area (Å²) in [6.07, 6.45) is 4.12. The van der Waals surface area contributed by atoms with Gasteiger partial charge in [-0.15, -0.1) is 0 Å². The van der Waals surface area contributed by atoms with Crippen LogP contribution in [0, 0.1) is 0 Å². The van der Waals surface area contributed by atoms with Gasteiger partial charge in [0.2, 0.25) is 6.33 Å². The minimum Gasteiger partial charge on any atom is -0.508 e. The lowest BCUT2D eigenvalue weighted by Gasteiger charge is -2.12. The van der Waals surface area contributed by atoms with Crippen LogP contribution in [0.2, 0.25) is 0 Å². The van der Waals surface area contributed by atoms with Crippen LogP contribution in [0.25, 0.3) is 28.2 Å². The van der Waals surface area contributed by atoms with E-state index in [0.717, 1.165) is 40.9 Å². The summed E-state index contributed by atoms with van der Waals surface area (Å²) >= 11 is 0. The first-order valence-electron chi connectivity index (χ1n) is 12.3. The van der Waals surface area contributed by atoms with Gasteiger partial charge in [0, 0.05) is 16.7 Å². The number of benzene rings is 4. The molecule has 0 amide bonds. The fraction of sp³-hybridized carbons (Fsp3) is 0.156. The molecule has 0 aliphatic carbocycles. The van der Waals surface area contributed by atoms with Crippen LogP contribution >= 0.6 is 0 Å². The summed E-state index contributed by atoms with van der Waals surface area (Å²) in [5.74, 6) is 0.316. The van der Waals surface area contributed by atoms with Crippen molar-refractivity contribution in [3.8, 4) is 34.0 Å². The van der Waals surface area contributed by atoms with Crippen LogP contribution in [0.5, 0.6) is 5.75 Å². The second-order valence-corrected chi connectivity index (χ2v) is 8.80. The molecule has 0 radical (unpaired) electrons. The van der Waals surface area contributed by atoms with Gasteiger partial charge in [-0.1, -0.05) is 111 Å². The van der Waals surface area contributed by atoms with Crippen LogP contribution < -0.4 is 4.57 Å². The molecule has 0 atom stereocenters. The van der Waals surface area contributed by atoms with Gasteiger partial charge in [-0.2, -0.15) is 4.57 Å². The average molecular weight is 460 g/mol. The number of aromatic hydroxyl groups is 1. The third-order valence-corrected chi connectivity index (χ3v) is 6.64. The number of aryl methyl sites for hydroxylation is 2. The lowest BCUT2D eigenvalue weighted by atomic mass is 10.0. The molecule has 0 aliphatic heterocycles. The largest absolute Gasteiger partial charge is 0.508 e. The van der Waals surface area contributed by atoms with E-state index in [0.29, 0.717) is 12.3 Å². The zero-order valence-electron chi connectivity index (χ0n) is 20.4. The van der Waals surface area contributed by atoms with Crippen molar-refractivity contribution >= 4 is 0 Å². The van der Waals surface area contributed by atoms with Crippen molar-refractivity contribution in [3.63, 3.8) is 0 Å². The molecule has 0 aliphatic rings. The standard InChI is InChI=1S/C32H30N2O/c1-3-24-19-13-20-25(4-2)30(24)34-23-33(22-28-18-11-12-21-29(28)35)31(26-14-7-5-8-15-26)32(34)27-16-9-6-10-17-27/h5-21,23H,3-4,22H2,1-2H3/p+1. The van der Waals surface area contributed by atoms with Crippen molar-refractivity contribution in [2.75, 3.05) is 0 Å². The maximum absolute atomic E-state index is 10.6. The van der Waals surface area contributed by atoms with E-state index in [9.17, 15) is 5.11 Å². The molecule has 0 fully saturated rings. The first-order valence-corrected chi connectivity index (χ1v) is 12.3. The molecule has 4 aromatic carbocycles. The number of rotatable bonds is 7. The molecule has 3 heteroatoms. The van der Waals surface area contributed by atoms with Crippen LogP contribution in [0.4, 0.5) is 0 Å². The molecule has 1 N–H and O–H groups in total. The van der Waals surface area contributed by atoms with E-state index in [1.165, 1.54) is 16.8 Å². The third-order valence-electron chi connectivity index (χ3n) is 6.64. The van der Waals surface area contributed by atoms with Crippen molar-refractivity contribution in [3.05, 3.63) is 126 Å². The quantitative estimate of drug-likeness (QED) is 0.261. The van der Waals surface area contributed by atoms with E-state index in [1.54, 1.807) is 6.07 Å². The zero-order valence-corrected chi connectivity index (χ0v) is 20.4. The van der Waals surface area contributed by atoms with E-state index in [2.05, 4.69) is 108 Å². The van der Waals surface area contributed by atoms with Crippen LogP contribution in [-0.2, 0) is 19.4 Å². The Bertz CT molecular complexity index is 1410. The zero-order chi connectivity index (χ0) is 24.2. The van der Waals surface area contributed by atoms with Crippen LogP contribution in [0.1, 0.15) is 30.5 Å². The van der Waals surface area contributed by atoms with Gasteiger partial charge in [-0.25, -0.2) is 4.57 Å². The number of phenols is 1. The van der Waals surface area contributed by atoms with Gasteiger partial charge in [-0.3, -0.25) is 0 Å². The Morgan fingerprint density at radius 3 is 1.77 bits per heavy atom. The molecule has 0 unspecified atom stereocenters. The molecule has 1 aromatic heterocycles. The summed E-state index contributed by atoms with van der Waals surface area (Å²) in [4.78, 5) is 0. The van der Waals surface area contributed by atoms with E-state index in [1.807, 2.05) is 18.2 Å². The van der Waals surface area contributed by atoms with Gasteiger partial charge in [0.15, 0.2) is 11.4 Å². The number of para-hydroxylation sites is 2. The predicted octanol–water partition coefficient (Wildman–Crippen LogP) is 6.98. The van der Waals surface area contributed by atoms with E-state index in [-0.39, 0.29) is 0 Å². The SMILES string of the molecule is CCc1cccc(CC)c1-n1c[n+](Cc2ccccc2O)c(-c2ccccc2)c1-c1ccccc1. The Kier molecular flexibility index (Phi) is 6.49. The molecule has 0 spiro atoms. The van der Waals surface area contributed by atoms with Gasteiger partial charge < -0.3 is 5.11 Å².